The number of carbonyl (C=O) groups is 3. The van der Waals surface area contributed by atoms with Gasteiger partial charge in [0.05, 0.1) is 14.2 Å². The Morgan fingerprint density at radius 3 is 2.48 bits per heavy atom. The Balaban J connectivity index is 1.88. The molecule has 0 atom stereocenters. The molecule has 1 aromatic heterocycles. The minimum atomic E-state index is -4.06. The van der Waals surface area contributed by atoms with Gasteiger partial charge in [-0.1, -0.05) is 12.1 Å². The molecule has 2 N–H and O–H groups in total. The molecule has 1 saturated heterocycles. The zero-order valence-electron chi connectivity index (χ0n) is 15.6. The van der Waals surface area contributed by atoms with E-state index in [1.54, 1.807) is 24.3 Å². The highest BCUT2D eigenvalue weighted by molar-refractivity contribution is 7.94. The van der Waals surface area contributed by atoms with Gasteiger partial charge in [0.15, 0.2) is 9.96 Å². The Kier molecular flexibility index (Phi) is 5.89. The second-order valence-corrected chi connectivity index (χ2v) is 9.20. The van der Waals surface area contributed by atoms with Crippen LogP contribution < -0.4 is 14.8 Å². The van der Waals surface area contributed by atoms with Crippen molar-refractivity contribution < 1.29 is 32.3 Å². The summed E-state index contributed by atoms with van der Waals surface area (Å²) in [4.78, 5) is 35.0. The molecule has 9 nitrogen and oxygen atoms in total. The van der Waals surface area contributed by atoms with E-state index in [9.17, 15) is 22.8 Å². The number of benzene rings is 1. The van der Waals surface area contributed by atoms with E-state index >= 15 is 0 Å². The molecule has 29 heavy (non-hydrogen) atoms. The SMILES string of the molecule is COC(=O)c1cc(OC)c(S(=O)(=O)Nc2cccc(C3CC(=O)NC(=O)C3)c2)s1. The van der Waals surface area contributed by atoms with Crippen LogP contribution in [0.25, 0.3) is 0 Å². The van der Waals surface area contributed by atoms with Gasteiger partial charge in [-0.25, -0.2) is 13.2 Å². The summed E-state index contributed by atoms with van der Waals surface area (Å²) in [6.07, 6.45) is 0.284. The van der Waals surface area contributed by atoms with Crippen molar-refractivity contribution in [2.24, 2.45) is 0 Å². The summed E-state index contributed by atoms with van der Waals surface area (Å²) < 4.78 is 37.7. The fourth-order valence-electron chi connectivity index (χ4n) is 2.96. The molecule has 0 saturated carbocycles. The average Bonchev–Trinajstić information content (AvgIpc) is 3.12. The van der Waals surface area contributed by atoms with Gasteiger partial charge < -0.3 is 9.47 Å². The van der Waals surface area contributed by atoms with Crippen molar-refractivity contribution in [3.8, 4) is 5.75 Å². The van der Waals surface area contributed by atoms with Gasteiger partial charge in [-0.05, 0) is 17.7 Å². The number of carbonyl (C=O) groups excluding carboxylic acids is 3. The Hall–Kier alpha value is -2.92. The van der Waals surface area contributed by atoms with Crippen LogP contribution in [0.15, 0.2) is 34.5 Å². The van der Waals surface area contributed by atoms with Gasteiger partial charge in [-0.15, -0.1) is 11.3 Å². The zero-order chi connectivity index (χ0) is 21.2. The first-order valence-corrected chi connectivity index (χ1v) is 10.7. The summed E-state index contributed by atoms with van der Waals surface area (Å²) in [5.41, 5.74) is 0.929. The van der Waals surface area contributed by atoms with E-state index in [1.165, 1.54) is 20.3 Å². The molecular weight excluding hydrogens is 420 g/mol. The van der Waals surface area contributed by atoms with Crippen molar-refractivity contribution in [3.63, 3.8) is 0 Å². The lowest BCUT2D eigenvalue weighted by molar-refractivity contribution is -0.133. The lowest BCUT2D eigenvalue weighted by Crippen LogP contribution is -2.37. The molecule has 0 bridgehead atoms. The van der Waals surface area contributed by atoms with E-state index < -0.39 is 16.0 Å². The van der Waals surface area contributed by atoms with E-state index in [4.69, 9.17) is 4.74 Å². The lowest BCUT2D eigenvalue weighted by Gasteiger charge is -2.21. The number of imide groups is 1. The van der Waals surface area contributed by atoms with E-state index in [1.807, 2.05) is 0 Å². The maximum Gasteiger partial charge on any atom is 0.348 e. The summed E-state index contributed by atoms with van der Waals surface area (Å²) in [5, 5.41) is 2.24. The van der Waals surface area contributed by atoms with Crippen molar-refractivity contribution in [1.29, 1.82) is 0 Å². The van der Waals surface area contributed by atoms with E-state index in [-0.39, 0.29) is 51.1 Å². The van der Waals surface area contributed by atoms with Gasteiger partial charge in [0, 0.05) is 30.5 Å². The maximum absolute atomic E-state index is 12.8. The Morgan fingerprint density at radius 1 is 1.17 bits per heavy atom. The highest BCUT2D eigenvalue weighted by Gasteiger charge is 2.28. The van der Waals surface area contributed by atoms with E-state index in [0.717, 1.165) is 11.3 Å². The Labute approximate surface area is 171 Å². The average molecular weight is 438 g/mol. The summed E-state index contributed by atoms with van der Waals surface area (Å²) >= 11 is 0.728. The number of nitrogens with one attached hydrogen (secondary N) is 2. The molecule has 1 aromatic carbocycles. The minimum Gasteiger partial charge on any atom is -0.494 e. The van der Waals surface area contributed by atoms with Crippen LogP contribution in [0, 0.1) is 0 Å². The van der Waals surface area contributed by atoms with Crippen molar-refractivity contribution >= 4 is 44.8 Å². The number of methoxy groups -OCH3 is 2. The smallest absolute Gasteiger partial charge is 0.348 e. The molecule has 11 heteroatoms. The van der Waals surface area contributed by atoms with Crippen LogP contribution in [0.1, 0.15) is 34.0 Å². The number of piperidine rings is 1. The summed E-state index contributed by atoms with van der Waals surface area (Å²) in [6, 6.07) is 7.79. The number of rotatable bonds is 6. The van der Waals surface area contributed by atoms with Gasteiger partial charge in [-0.2, -0.15) is 0 Å². The third-order valence-electron chi connectivity index (χ3n) is 4.27. The predicted molar refractivity (Wildman–Crippen MR) is 105 cm³/mol. The molecule has 154 valence electrons. The van der Waals surface area contributed by atoms with Crippen LogP contribution in [0.4, 0.5) is 5.69 Å². The van der Waals surface area contributed by atoms with Crippen LogP contribution in [0.5, 0.6) is 5.75 Å². The molecule has 1 aliphatic heterocycles. The van der Waals surface area contributed by atoms with Crippen molar-refractivity contribution in [2.45, 2.75) is 23.0 Å². The van der Waals surface area contributed by atoms with Crippen LogP contribution in [-0.4, -0.2) is 40.4 Å². The first-order chi connectivity index (χ1) is 13.7. The molecular formula is C18H18N2O7S2. The van der Waals surface area contributed by atoms with Crippen LogP contribution in [0.3, 0.4) is 0 Å². The van der Waals surface area contributed by atoms with Crippen molar-refractivity contribution in [1.82, 2.24) is 5.32 Å². The second-order valence-electron chi connectivity index (χ2n) is 6.27. The predicted octanol–water partition coefficient (Wildman–Crippen LogP) is 1.86. The number of thiophene rings is 1. The molecule has 0 radical (unpaired) electrons. The topological polar surface area (TPSA) is 128 Å². The first-order valence-electron chi connectivity index (χ1n) is 8.45. The molecule has 1 aliphatic rings. The molecule has 1 fully saturated rings. The maximum atomic E-state index is 12.8. The van der Waals surface area contributed by atoms with Crippen LogP contribution in [-0.2, 0) is 24.3 Å². The molecule has 2 heterocycles. The van der Waals surface area contributed by atoms with Gasteiger partial charge in [0.25, 0.3) is 10.0 Å². The number of anilines is 1. The molecule has 0 spiro atoms. The fraction of sp³-hybridized carbons (Fsp3) is 0.278. The molecule has 3 rings (SSSR count). The zero-order valence-corrected chi connectivity index (χ0v) is 17.2. The quantitative estimate of drug-likeness (QED) is 0.520. The van der Waals surface area contributed by atoms with Crippen LogP contribution >= 0.6 is 11.3 Å². The third-order valence-corrected chi connectivity index (χ3v) is 7.26. The third kappa shape index (κ3) is 4.57. The highest BCUT2D eigenvalue weighted by Crippen LogP contribution is 2.35. The monoisotopic (exact) mass is 438 g/mol. The Morgan fingerprint density at radius 2 is 1.86 bits per heavy atom. The molecule has 0 aliphatic carbocycles. The normalized spacial score (nSPS) is 15.0. The highest BCUT2D eigenvalue weighted by atomic mass is 32.2. The largest absolute Gasteiger partial charge is 0.494 e. The van der Waals surface area contributed by atoms with Crippen LogP contribution in [0.2, 0.25) is 0 Å². The fourth-order valence-corrected chi connectivity index (χ4v) is 5.50. The van der Waals surface area contributed by atoms with Crippen molar-refractivity contribution in [3.05, 3.63) is 40.8 Å². The van der Waals surface area contributed by atoms with E-state index in [0.29, 0.717) is 5.56 Å². The van der Waals surface area contributed by atoms with Gasteiger partial charge in [0.2, 0.25) is 11.8 Å². The van der Waals surface area contributed by atoms with E-state index in [2.05, 4.69) is 14.8 Å². The molecule has 2 amide bonds. The lowest BCUT2D eigenvalue weighted by atomic mass is 9.89. The minimum absolute atomic E-state index is 0.0219. The number of ether oxygens (including phenoxy) is 2. The van der Waals surface area contributed by atoms with Gasteiger partial charge in [-0.3, -0.25) is 19.6 Å². The number of hydrogen-bond donors (Lipinski definition) is 2. The second kappa shape index (κ2) is 8.21. The first kappa shape index (κ1) is 20.8. The number of sulfonamides is 1. The van der Waals surface area contributed by atoms with Crippen molar-refractivity contribution in [2.75, 3.05) is 18.9 Å². The van der Waals surface area contributed by atoms with Gasteiger partial charge >= 0.3 is 5.97 Å². The number of amides is 2. The summed E-state index contributed by atoms with van der Waals surface area (Å²) in [7, 11) is -1.56. The summed E-state index contributed by atoms with van der Waals surface area (Å²) in [5.74, 6) is -1.71. The number of esters is 1. The Bertz CT molecular complexity index is 1060. The standard InChI is InChI=1S/C18H18N2O7S2/c1-26-13-9-14(17(23)27-2)28-18(13)29(24,25)20-12-5-3-4-10(6-12)11-7-15(21)19-16(22)8-11/h3-6,9,11,20H,7-8H2,1-2H3,(H,19,21,22). The summed E-state index contributed by atoms with van der Waals surface area (Å²) in [6.45, 7) is 0. The molecule has 0 unspecified atom stereocenters. The van der Waals surface area contributed by atoms with Gasteiger partial charge in [0.1, 0.15) is 4.88 Å². The number of hydrogen-bond acceptors (Lipinski definition) is 8. The molecule has 2 aromatic rings.